The van der Waals surface area contributed by atoms with Crippen LogP contribution in [0.5, 0.6) is 0 Å². The van der Waals surface area contributed by atoms with Gasteiger partial charge in [0.2, 0.25) is 5.91 Å². The highest BCUT2D eigenvalue weighted by atomic mass is 32.2. The molecule has 0 aliphatic heterocycles. The van der Waals surface area contributed by atoms with E-state index in [0.29, 0.717) is 4.34 Å². The lowest BCUT2D eigenvalue weighted by molar-refractivity contribution is -0.119. The van der Waals surface area contributed by atoms with E-state index in [1.54, 1.807) is 0 Å². The zero-order valence-electron chi connectivity index (χ0n) is 10.9. The summed E-state index contributed by atoms with van der Waals surface area (Å²) in [4.78, 5) is 23.2. The molecule has 2 aromatic rings. The van der Waals surface area contributed by atoms with Gasteiger partial charge in [-0.1, -0.05) is 23.1 Å². The second kappa shape index (κ2) is 7.14. The third kappa shape index (κ3) is 4.80. The first-order valence-electron chi connectivity index (χ1n) is 5.82. The summed E-state index contributed by atoms with van der Waals surface area (Å²) in [5.41, 5.74) is 4.78. The number of benzene rings is 1. The van der Waals surface area contributed by atoms with Crippen LogP contribution in [0.25, 0.3) is 0 Å². The van der Waals surface area contributed by atoms with Gasteiger partial charge in [0.25, 0.3) is 5.91 Å². The van der Waals surface area contributed by atoms with E-state index in [1.165, 1.54) is 47.4 Å². The van der Waals surface area contributed by atoms with Crippen molar-refractivity contribution in [3.05, 3.63) is 40.7 Å². The lowest BCUT2D eigenvalue weighted by Gasteiger charge is -2.06. The number of nitrogens with one attached hydrogen (secondary N) is 2. The number of hydrogen-bond acceptors (Lipinski definition) is 6. The molecule has 0 spiro atoms. The zero-order chi connectivity index (χ0) is 15.2. The second-order valence-electron chi connectivity index (χ2n) is 3.88. The summed E-state index contributed by atoms with van der Waals surface area (Å²) in [6, 6.07) is 5.00. The lowest BCUT2D eigenvalue weighted by atomic mass is 10.2. The number of carbonyl (C=O) groups is 2. The Morgan fingerprint density at radius 3 is 2.57 bits per heavy atom. The van der Waals surface area contributed by atoms with Crippen molar-refractivity contribution >= 4 is 34.9 Å². The van der Waals surface area contributed by atoms with Crippen LogP contribution in [0.4, 0.5) is 4.39 Å². The molecule has 21 heavy (non-hydrogen) atoms. The fourth-order valence-corrected chi connectivity index (χ4v) is 2.92. The summed E-state index contributed by atoms with van der Waals surface area (Å²) in [5.74, 6) is -1.21. The molecule has 0 unspecified atom stereocenters. The van der Waals surface area contributed by atoms with Crippen LogP contribution in [0.2, 0.25) is 0 Å². The third-order valence-electron chi connectivity index (χ3n) is 2.26. The van der Waals surface area contributed by atoms with E-state index in [0.717, 1.165) is 5.01 Å². The smallest absolute Gasteiger partial charge is 0.269 e. The largest absolute Gasteiger partial charge is 0.272 e. The molecule has 6 nitrogen and oxygen atoms in total. The minimum Gasteiger partial charge on any atom is -0.272 e. The standard InChI is InChI=1S/C12H11FN4O2S2/c1-7-14-17-12(21-7)20-6-10(18)15-16-11(19)8-2-4-9(13)5-3-8/h2-5H,6H2,1H3,(H,15,18)(H,16,19). The van der Waals surface area contributed by atoms with Gasteiger partial charge in [-0.15, -0.1) is 10.2 Å². The van der Waals surface area contributed by atoms with Crippen molar-refractivity contribution in [3.8, 4) is 0 Å². The van der Waals surface area contributed by atoms with E-state index in [-0.39, 0.29) is 17.2 Å². The van der Waals surface area contributed by atoms with E-state index in [4.69, 9.17) is 0 Å². The maximum atomic E-state index is 12.7. The average Bonchev–Trinajstić information content (AvgIpc) is 2.89. The molecule has 0 fully saturated rings. The Morgan fingerprint density at radius 2 is 1.95 bits per heavy atom. The quantitative estimate of drug-likeness (QED) is 0.658. The van der Waals surface area contributed by atoms with E-state index in [1.807, 2.05) is 6.92 Å². The first kappa shape index (κ1) is 15.4. The average molecular weight is 326 g/mol. The summed E-state index contributed by atoms with van der Waals surface area (Å²) in [7, 11) is 0. The molecule has 110 valence electrons. The number of halogens is 1. The molecule has 1 heterocycles. The van der Waals surface area contributed by atoms with Crippen molar-refractivity contribution in [3.63, 3.8) is 0 Å². The monoisotopic (exact) mass is 326 g/mol. The number of aryl methyl sites for hydroxylation is 1. The van der Waals surface area contributed by atoms with Crippen LogP contribution in [0.15, 0.2) is 28.6 Å². The van der Waals surface area contributed by atoms with Gasteiger partial charge < -0.3 is 0 Å². The van der Waals surface area contributed by atoms with Gasteiger partial charge in [0.15, 0.2) is 4.34 Å². The maximum Gasteiger partial charge on any atom is 0.269 e. The topological polar surface area (TPSA) is 84.0 Å². The first-order chi connectivity index (χ1) is 10.0. The number of hydrogen-bond donors (Lipinski definition) is 2. The van der Waals surface area contributed by atoms with Crippen LogP contribution in [-0.4, -0.2) is 27.8 Å². The molecular weight excluding hydrogens is 315 g/mol. The minimum absolute atomic E-state index is 0.109. The predicted octanol–water partition coefficient (Wildman–Crippen LogP) is 1.54. The molecule has 2 N–H and O–H groups in total. The van der Waals surface area contributed by atoms with Gasteiger partial charge in [-0.25, -0.2) is 4.39 Å². The molecule has 9 heteroatoms. The highest BCUT2D eigenvalue weighted by Crippen LogP contribution is 2.21. The molecule has 0 aliphatic carbocycles. The maximum absolute atomic E-state index is 12.7. The number of amides is 2. The normalized spacial score (nSPS) is 10.2. The summed E-state index contributed by atoms with van der Waals surface area (Å²) in [6.07, 6.45) is 0. The molecule has 2 rings (SSSR count). The fourth-order valence-electron chi connectivity index (χ4n) is 1.30. The van der Waals surface area contributed by atoms with Gasteiger partial charge in [-0.3, -0.25) is 20.4 Å². The molecule has 0 saturated carbocycles. The van der Waals surface area contributed by atoms with Crippen molar-refractivity contribution in [2.75, 3.05) is 5.75 Å². The molecule has 1 aromatic carbocycles. The minimum atomic E-state index is -0.514. The fraction of sp³-hybridized carbons (Fsp3) is 0.167. The van der Waals surface area contributed by atoms with Gasteiger partial charge in [0.1, 0.15) is 10.8 Å². The van der Waals surface area contributed by atoms with Crippen molar-refractivity contribution in [1.29, 1.82) is 0 Å². The molecule has 1 aromatic heterocycles. The van der Waals surface area contributed by atoms with E-state index >= 15 is 0 Å². The van der Waals surface area contributed by atoms with Gasteiger partial charge >= 0.3 is 0 Å². The number of aromatic nitrogens is 2. The Hall–Kier alpha value is -2.00. The number of nitrogens with zero attached hydrogens (tertiary/aromatic N) is 2. The molecular formula is C12H11FN4O2S2. The Kier molecular flexibility index (Phi) is 5.23. The molecule has 2 amide bonds. The summed E-state index contributed by atoms with van der Waals surface area (Å²) >= 11 is 2.62. The highest BCUT2D eigenvalue weighted by molar-refractivity contribution is 8.01. The van der Waals surface area contributed by atoms with Crippen LogP contribution < -0.4 is 10.9 Å². The number of thioether (sulfide) groups is 1. The predicted molar refractivity (Wildman–Crippen MR) is 77.4 cm³/mol. The van der Waals surface area contributed by atoms with Gasteiger partial charge in [-0.2, -0.15) is 0 Å². The molecule has 0 atom stereocenters. The highest BCUT2D eigenvalue weighted by Gasteiger charge is 2.09. The van der Waals surface area contributed by atoms with E-state index < -0.39 is 11.7 Å². The van der Waals surface area contributed by atoms with E-state index in [9.17, 15) is 14.0 Å². The molecule has 0 saturated heterocycles. The Morgan fingerprint density at radius 1 is 1.24 bits per heavy atom. The van der Waals surface area contributed by atoms with Gasteiger partial charge in [0, 0.05) is 5.56 Å². The van der Waals surface area contributed by atoms with E-state index in [2.05, 4.69) is 21.0 Å². The van der Waals surface area contributed by atoms with Crippen molar-refractivity contribution in [2.45, 2.75) is 11.3 Å². The lowest BCUT2D eigenvalue weighted by Crippen LogP contribution is -2.42. The van der Waals surface area contributed by atoms with Crippen molar-refractivity contribution < 1.29 is 14.0 Å². The number of rotatable bonds is 4. The van der Waals surface area contributed by atoms with Crippen LogP contribution in [0.3, 0.4) is 0 Å². The number of hydrazine groups is 1. The Bertz CT molecular complexity index is 645. The van der Waals surface area contributed by atoms with Gasteiger partial charge in [-0.05, 0) is 31.2 Å². The third-order valence-corrected chi connectivity index (χ3v) is 4.23. The van der Waals surface area contributed by atoms with Crippen LogP contribution in [0.1, 0.15) is 15.4 Å². The summed E-state index contributed by atoms with van der Waals surface area (Å²) < 4.78 is 13.4. The van der Waals surface area contributed by atoms with Crippen LogP contribution >= 0.6 is 23.1 Å². The molecule has 0 aliphatic rings. The Balaban J connectivity index is 1.75. The zero-order valence-corrected chi connectivity index (χ0v) is 12.6. The first-order valence-corrected chi connectivity index (χ1v) is 7.62. The summed E-state index contributed by atoms with van der Waals surface area (Å²) in [6.45, 7) is 1.82. The molecule has 0 bridgehead atoms. The SMILES string of the molecule is Cc1nnc(SCC(=O)NNC(=O)c2ccc(F)cc2)s1. The summed E-state index contributed by atoms with van der Waals surface area (Å²) in [5, 5.41) is 8.52. The van der Waals surface area contributed by atoms with Crippen LogP contribution in [0, 0.1) is 12.7 Å². The van der Waals surface area contributed by atoms with Crippen molar-refractivity contribution in [1.82, 2.24) is 21.0 Å². The number of carbonyl (C=O) groups excluding carboxylic acids is 2. The molecule has 0 radical (unpaired) electrons. The van der Waals surface area contributed by atoms with Crippen LogP contribution in [-0.2, 0) is 4.79 Å². The Labute approximate surface area is 128 Å². The van der Waals surface area contributed by atoms with Gasteiger partial charge in [0.05, 0.1) is 5.75 Å². The van der Waals surface area contributed by atoms with Crippen molar-refractivity contribution in [2.24, 2.45) is 0 Å². The second-order valence-corrected chi connectivity index (χ2v) is 6.29.